The Kier molecular flexibility index (Phi) is 4.12. The highest BCUT2D eigenvalue weighted by atomic mass is 16.5. The molecule has 3 rings (SSSR count). The number of benzene rings is 1. The second kappa shape index (κ2) is 6.05. The molecule has 0 bridgehead atoms. The maximum atomic E-state index is 5.68. The minimum Gasteiger partial charge on any atom is -0.375 e. The van der Waals surface area contributed by atoms with Crippen LogP contribution in [0.15, 0.2) is 36.7 Å². The molecule has 1 aromatic heterocycles. The summed E-state index contributed by atoms with van der Waals surface area (Å²) < 4.78 is 5.68. The van der Waals surface area contributed by atoms with E-state index in [-0.39, 0.29) is 5.41 Å². The van der Waals surface area contributed by atoms with Gasteiger partial charge in [-0.15, -0.1) is 0 Å². The molecule has 0 atom stereocenters. The van der Waals surface area contributed by atoms with Crippen molar-refractivity contribution in [3.8, 4) is 0 Å². The van der Waals surface area contributed by atoms with E-state index in [1.807, 2.05) is 12.4 Å². The molecule has 4 heteroatoms. The van der Waals surface area contributed by atoms with Crippen LogP contribution in [-0.2, 0) is 23.3 Å². The minimum atomic E-state index is -0.0123. The Hall–Kier alpha value is -1.94. The molecular formula is C18H23N3O. The molecule has 22 heavy (non-hydrogen) atoms. The van der Waals surface area contributed by atoms with Gasteiger partial charge >= 0.3 is 0 Å². The molecule has 1 aromatic carbocycles. The predicted octanol–water partition coefficient (Wildman–Crippen LogP) is 3.31. The van der Waals surface area contributed by atoms with Crippen molar-refractivity contribution in [3.63, 3.8) is 0 Å². The second-order valence-electron chi connectivity index (χ2n) is 6.77. The molecule has 0 unspecified atom stereocenters. The largest absolute Gasteiger partial charge is 0.375 e. The molecule has 2 heterocycles. The lowest BCUT2D eigenvalue weighted by Gasteiger charge is -2.24. The van der Waals surface area contributed by atoms with Crippen LogP contribution in [0.1, 0.15) is 37.7 Å². The number of ether oxygens (including phenoxy) is 1. The fraction of sp³-hybridized carbons (Fsp3) is 0.444. The topological polar surface area (TPSA) is 38.2 Å². The van der Waals surface area contributed by atoms with Gasteiger partial charge in [-0.3, -0.25) is 0 Å². The van der Waals surface area contributed by atoms with Crippen LogP contribution in [0.4, 0.5) is 5.69 Å². The summed E-state index contributed by atoms with van der Waals surface area (Å²) in [6.07, 6.45) is 3.89. The Morgan fingerprint density at radius 3 is 2.59 bits per heavy atom. The molecule has 4 nitrogen and oxygen atoms in total. The summed E-state index contributed by atoms with van der Waals surface area (Å²) in [7, 11) is 0. The molecule has 0 saturated heterocycles. The molecule has 0 fully saturated rings. The van der Waals surface area contributed by atoms with E-state index in [4.69, 9.17) is 4.74 Å². The van der Waals surface area contributed by atoms with Crippen molar-refractivity contribution in [2.75, 3.05) is 18.1 Å². The fourth-order valence-electron chi connectivity index (χ4n) is 2.63. The SMILES string of the molecule is CC(C)(C)c1ncc(CN2CCOCc3ccccc32)cn1. The Bertz CT molecular complexity index is 632. The number of hydrogen-bond acceptors (Lipinski definition) is 4. The van der Waals surface area contributed by atoms with Gasteiger partial charge in [-0.1, -0.05) is 39.0 Å². The van der Waals surface area contributed by atoms with Crippen molar-refractivity contribution >= 4 is 5.69 Å². The zero-order valence-electron chi connectivity index (χ0n) is 13.5. The van der Waals surface area contributed by atoms with E-state index in [1.54, 1.807) is 0 Å². The summed E-state index contributed by atoms with van der Waals surface area (Å²) >= 11 is 0. The average Bonchev–Trinajstić information content (AvgIpc) is 2.70. The number of hydrogen-bond donors (Lipinski definition) is 0. The molecule has 1 aliphatic rings. The van der Waals surface area contributed by atoms with Crippen LogP contribution < -0.4 is 4.90 Å². The van der Waals surface area contributed by atoms with E-state index < -0.39 is 0 Å². The number of fused-ring (bicyclic) bond motifs is 1. The highest BCUT2D eigenvalue weighted by Gasteiger charge is 2.18. The summed E-state index contributed by atoms with van der Waals surface area (Å²) in [4.78, 5) is 11.4. The predicted molar refractivity (Wildman–Crippen MR) is 87.9 cm³/mol. The van der Waals surface area contributed by atoms with E-state index in [0.717, 1.165) is 31.1 Å². The molecule has 116 valence electrons. The molecule has 0 saturated carbocycles. The molecule has 1 aliphatic heterocycles. The lowest BCUT2D eigenvalue weighted by Crippen LogP contribution is -2.26. The molecule has 0 aliphatic carbocycles. The molecule has 0 N–H and O–H groups in total. The van der Waals surface area contributed by atoms with Gasteiger partial charge in [-0.25, -0.2) is 9.97 Å². The Labute approximate surface area is 132 Å². The Morgan fingerprint density at radius 2 is 1.86 bits per heavy atom. The average molecular weight is 297 g/mol. The first-order valence-electron chi connectivity index (χ1n) is 7.76. The van der Waals surface area contributed by atoms with Crippen molar-refractivity contribution in [1.82, 2.24) is 9.97 Å². The number of rotatable bonds is 2. The normalized spacial score (nSPS) is 15.3. The first-order valence-corrected chi connectivity index (χ1v) is 7.76. The van der Waals surface area contributed by atoms with Crippen molar-refractivity contribution in [3.05, 3.63) is 53.6 Å². The van der Waals surface area contributed by atoms with Crippen LogP contribution in [0.2, 0.25) is 0 Å². The minimum absolute atomic E-state index is 0.0123. The summed E-state index contributed by atoms with van der Waals surface area (Å²) in [6, 6.07) is 8.44. The van der Waals surface area contributed by atoms with E-state index in [9.17, 15) is 0 Å². The van der Waals surface area contributed by atoms with Crippen LogP contribution in [0.3, 0.4) is 0 Å². The zero-order valence-corrected chi connectivity index (χ0v) is 13.5. The molecule has 0 radical (unpaired) electrons. The van der Waals surface area contributed by atoms with Gasteiger partial charge in [0.25, 0.3) is 0 Å². The highest BCUT2D eigenvalue weighted by molar-refractivity contribution is 5.54. The molecular weight excluding hydrogens is 274 g/mol. The van der Waals surface area contributed by atoms with E-state index >= 15 is 0 Å². The van der Waals surface area contributed by atoms with Gasteiger partial charge in [-0.05, 0) is 6.07 Å². The first-order chi connectivity index (χ1) is 10.5. The summed E-state index contributed by atoms with van der Waals surface area (Å²) in [5.74, 6) is 0.885. The van der Waals surface area contributed by atoms with Gasteiger partial charge in [0.2, 0.25) is 0 Å². The standard InChI is InChI=1S/C18H23N3O/c1-18(2,3)17-19-10-14(11-20-17)12-21-8-9-22-13-15-6-4-5-7-16(15)21/h4-7,10-11H,8-9,12-13H2,1-3H3. The third-order valence-electron chi connectivity index (χ3n) is 3.84. The third-order valence-corrected chi connectivity index (χ3v) is 3.84. The summed E-state index contributed by atoms with van der Waals surface area (Å²) in [6.45, 7) is 9.52. The number of nitrogens with zero attached hydrogens (tertiary/aromatic N) is 3. The van der Waals surface area contributed by atoms with Crippen molar-refractivity contribution in [1.29, 1.82) is 0 Å². The van der Waals surface area contributed by atoms with Gasteiger partial charge in [0, 0.05) is 47.7 Å². The van der Waals surface area contributed by atoms with Crippen molar-refractivity contribution < 1.29 is 4.74 Å². The summed E-state index contributed by atoms with van der Waals surface area (Å²) in [5.41, 5.74) is 3.61. The lowest BCUT2D eigenvalue weighted by atomic mass is 9.96. The van der Waals surface area contributed by atoms with Crippen molar-refractivity contribution in [2.24, 2.45) is 0 Å². The number of aromatic nitrogens is 2. The Morgan fingerprint density at radius 1 is 1.14 bits per heavy atom. The highest BCUT2D eigenvalue weighted by Crippen LogP contribution is 2.25. The lowest BCUT2D eigenvalue weighted by molar-refractivity contribution is 0.132. The third kappa shape index (κ3) is 3.28. The van der Waals surface area contributed by atoms with Gasteiger partial charge in [0.05, 0.1) is 13.2 Å². The van der Waals surface area contributed by atoms with Crippen LogP contribution in [0.5, 0.6) is 0 Å². The first kappa shape index (κ1) is 15.0. The quantitative estimate of drug-likeness (QED) is 0.852. The van der Waals surface area contributed by atoms with Crippen LogP contribution in [-0.4, -0.2) is 23.1 Å². The maximum Gasteiger partial charge on any atom is 0.133 e. The monoisotopic (exact) mass is 297 g/mol. The van der Waals surface area contributed by atoms with Gasteiger partial charge < -0.3 is 9.64 Å². The second-order valence-corrected chi connectivity index (χ2v) is 6.77. The zero-order chi connectivity index (χ0) is 15.6. The maximum absolute atomic E-state index is 5.68. The van der Waals surface area contributed by atoms with Gasteiger partial charge in [0.15, 0.2) is 0 Å². The van der Waals surface area contributed by atoms with E-state index in [2.05, 4.69) is 59.9 Å². The Balaban J connectivity index is 1.81. The fourth-order valence-corrected chi connectivity index (χ4v) is 2.63. The van der Waals surface area contributed by atoms with E-state index in [0.29, 0.717) is 6.61 Å². The van der Waals surface area contributed by atoms with Crippen LogP contribution in [0, 0.1) is 0 Å². The molecule has 0 amide bonds. The summed E-state index contributed by atoms with van der Waals surface area (Å²) in [5, 5.41) is 0. The molecule has 0 spiro atoms. The van der Waals surface area contributed by atoms with Crippen LogP contribution >= 0.6 is 0 Å². The molecule has 2 aromatic rings. The van der Waals surface area contributed by atoms with Gasteiger partial charge in [0.1, 0.15) is 5.82 Å². The van der Waals surface area contributed by atoms with Crippen LogP contribution in [0.25, 0.3) is 0 Å². The van der Waals surface area contributed by atoms with E-state index in [1.165, 1.54) is 11.3 Å². The van der Waals surface area contributed by atoms with Crippen molar-refractivity contribution in [2.45, 2.75) is 39.3 Å². The van der Waals surface area contributed by atoms with Gasteiger partial charge in [-0.2, -0.15) is 0 Å². The number of anilines is 1. The smallest absolute Gasteiger partial charge is 0.133 e. The number of para-hydroxylation sites is 1.